The van der Waals surface area contributed by atoms with E-state index in [-0.39, 0.29) is 0 Å². The van der Waals surface area contributed by atoms with Gasteiger partial charge >= 0.3 is 0 Å². The van der Waals surface area contributed by atoms with E-state index < -0.39 is 0 Å². The third-order valence-electron chi connectivity index (χ3n) is 3.79. The summed E-state index contributed by atoms with van der Waals surface area (Å²) in [5, 5.41) is 3.50. The van der Waals surface area contributed by atoms with Crippen molar-refractivity contribution in [3.05, 3.63) is 30.2 Å². The summed E-state index contributed by atoms with van der Waals surface area (Å²) in [5.74, 6) is 1.73. The van der Waals surface area contributed by atoms with E-state index in [1.807, 2.05) is 25.3 Å². The zero-order valence-electron chi connectivity index (χ0n) is 10.8. The summed E-state index contributed by atoms with van der Waals surface area (Å²) in [4.78, 5) is 15.7. The SMILES string of the molecule is Cc1cc(-c2ncc3c(n2)N[C@H]2CCN3C2)ccn1. The van der Waals surface area contributed by atoms with Crippen LogP contribution in [0.5, 0.6) is 0 Å². The van der Waals surface area contributed by atoms with Gasteiger partial charge in [-0.2, -0.15) is 0 Å². The largest absolute Gasteiger partial charge is 0.365 e. The van der Waals surface area contributed by atoms with Gasteiger partial charge in [-0.25, -0.2) is 9.97 Å². The monoisotopic (exact) mass is 253 g/mol. The molecule has 2 aliphatic rings. The van der Waals surface area contributed by atoms with Crippen LogP contribution in [0.25, 0.3) is 11.4 Å². The highest BCUT2D eigenvalue weighted by Gasteiger charge is 2.31. The molecule has 0 amide bonds. The van der Waals surface area contributed by atoms with E-state index in [4.69, 9.17) is 0 Å². The lowest BCUT2D eigenvalue weighted by molar-refractivity contribution is 0.786. The van der Waals surface area contributed by atoms with Crippen LogP contribution >= 0.6 is 0 Å². The number of hydrogen-bond acceptors (Lipinski definition) is 5. The first kappa shape index (κ1) is 10.7. The van der Waals surface area contributed by atoms with Crippen LogP contribution in [0.3, 0.4) is 0 Å². The lowest BCUT2D eigenvalue weighted by Crippen LogP contribution is -2.32. The summed E-state index contributed by atoms with van der Waals surface area (Å²) < 4.78 is 0. The first-order valence-electron chi connectivity index (χ1n) is 6.61. The van der Waals surface area contributed by atoms with E-state index in [0.717, 1.165) is 41.7 Å². The molecule has 1 atom stereocenters. The normalized spacial score (nSPS) is 20.1. The molecule has 2 bridgehead atoms. The number of fused-ring (bicyclic) bond motifs is 4. The van der Waals surface area contributed by atoms with Gasteiger partial charge in [-0.05, 0) is 25.5 Å². The van der Waals surface area contributed by atoms with Crippen molar-refractivity contribution in [3.8, 4) is 11.4 Å². The lowest BCUT2D eigenvalue weighted by Gasteiger charge is -2.27. The molecule has 1 saturated heterocycles. The van der Waals surface area contributed by atoms with Crippen LogP contribution in [0, 0.1) is 6.92 Å². The van der Waals surface area contributed by atoms with Gasteiger partial charge < -0.3 is 10.2 Å². The predicted molar refractivity (Wildman–Crippen MR) is 74.2 cm³/mol. The average Bonchev–Trinajstić information content (AvgIpc) is 2.81. The molecule has 2 aromatic heterocycles. The van der Waals surface area contributed by atoms with Crippen molar-refractivity contribution in [1.29, 1.82) is 0 Å². The zero-order chi connectivity index (χ0) is 12.8. The van der Waals surface area contributed by atoms with E-state index in [0.29, 0.717) is 6.04 Å². The van der Waals surface area contributed by atoms with E-state index in [1.54, 1.807) is 6.20 Å². The third kappa shape index (κ3) is 1.73. The number of aromatic nitrogens is 3. The van der Waals surface area contributed by atoms with E-state index in [9.17, 15) is 0 Å². The molecule has 2 aromatic rings. The van der Waals surface area contributed by atoms with Crippen LogP contribution in [0.2, 0.25) is 0 Å². The minimum Gasteiger partial charge on any atom is -0.365 e. The topological polar surface area (TPSA) is 53.9 Å². The average molecular weight is 253 g/mol. The fourth-order valence-electron chi connectivity index (χ4n) is 2.83. The van der Waals surface area contributed by atoms with Crippen molar-refractivity contribution in [3.63, 3.8) is 0 Å². The second-order valence-electron chi connectivity index (χ2n) is 5.19. The molecule has 1 fully saturated rings. The smallest absolute Gasteiger partial charge is 0.161 e. The molecule has 4 rings (SSSR count). The third-order valence-corrected chi connectivity index (χ3v) is 3.79. The van der Waals surface area contributed by atoms with Crippen LogP contribution in [0.15, 0.2) is 24.5 Å². The summed E-state index contributed by atoms with van der Waals surface area (Å²) in [6.07, 6.45) is 4.91. The first-order valence-corrected chi connectivity index (χ1v) is 6.61. The highest BCUT2D eigenvalue weighted by atomic mass is 15.3. The number of pyridine rings is 1. The molecule has 2 aliphatic heterocycles. The summed E-state index contributed by atoms with van der Waals surface area (Å²) in [5.41, 5.74) is 3.13. The Morgan fingerprint density at radius 1 is 1.37 bits per heavy atom. The Balaban J connectivity index is 1.78. The Labute approximate surface area is 111 Å². The van der Waals surface area contributed by atoms with Gasteiger partial charge in [0.05, 0.1) is 11.9 Å². The number of rotatable bonds is 1. The maximum atomic E-state index is 4.67. The van der Waals surface area contributed by atoms with Crippen LogP contribution < -0.4 is 10.2 Å². The van der Waals surface area contributed by atoms with Crippen molar-refractivity contribution in [2.45, 2.75) is 19.4 Å². The quantitative estimate of drug-likeness (QED) is 0.840. The molecule has 0 aliphatic carbocycles. The number of aryl methyl sites for hydroxylation is 1. The van der Waals surface area contributed by atoms with Gasteiger partial charge in [0, 0.05) is 36.6 Å². The fraction of sp³-hybridized carbons (Fsp3) is 0.357. The van der Waals surface area contributed by atoms with Crippen LogP contribution in [0.4, 0.5) is 11.5 Å². The van der Waals surface area contributed by atoms with Gasteiger partial charge in [0.15, 0.2) is 11.6 Å². The van der Waals surface area contributed by atoms with Gasteiger partial charge in [0.2, 0.25) is 0 Å². The Hall–Kier alpha value is -2.17. The fourth-order valence-corrected chi connectivity index (χ4v) is 2.83. The second kappa shape index (κ2) is 3.91. The number of anilines is 2. The predicted octanol–water partition coefficient (Wildman–Crippen LogP) is 1.85. The molecule has 1 N–H and O–H groups in total. The minimum atomic E-state index is 0.537. The van der Waals surface area contributed by atoms with Gasteiger partial charge in [-0.15, -0.1) is 0 Å². The van der Waals surface area contributed by atoms with Crippen molar-refractivity contribution in [2.24, 2.45) is 0 Å². The molecule has 4 heterocycles. The second-order valence-corrected chi connectivity index (χ2v) is 5.19. The Bertz CT molecular complexity index is 639. The maximum Gasteiger partial charge on any atom is 0.161 e. The molecule has 19 heavy (non-hydrogen) atoms. The van der Waals surface area contributed by atoms with Gasteiger partial charge in [-0.1, -0.05) is 0 Å². The standard InChI is InChI=1S/C14H15N5/c1-9-6-10(2-4-15-9)13-16-7-12-14(18-13)17-11-3-5-19(12)8-11/h2,4,6-7,11H,3,5,8H2,1H3,(H,16,17,18)/t11-/m0/s1. The molecule has 0 spiro atoms. The highest BCUT2D eigenvalue weighted by molar-refractivity contribution is 5.72. The lowest BCUT2D eigenvalue weighted by atomic mass is 10.2. The summed E-state index contributed by atoms with van der Waals surface area (Å²) >= 11 is 0. The van der Waals surface area contributed by atoms with Crippen LogP contribution in [-0.2, 0) is 0 Å². The van der Waals surface area contributed by atoms with Crippen LogP contribution in [-0.4, -0.2) is 34.1 Å². The number of nitrogens with zero attached hydrogens (tertiary/aromatic N) is 4. The zero-order valence-corrected chi connectivity index (χ0v) is 10.8. The summed E-state index contributed by atoms with van der Waals surface area (Å²) in [6, 6.07) is 4.50. The molecular weight excluding hydrogens is 238 g/mol. The van der Waals surface area contributed by atoms with Crippen molar-refractivity contribution in [2.75, 3.05) is 23.3 Å². The summed E-state index contributed by atoms with van der Waals surface area (Å²) in [7, 11) is 0. The molecule has 0 aromatic carbocycles. The Morgan fingerprint density at radius 2 is 2.32 bits per heavy atom. The molecule has 0 radical (unpaired) electrons. The molecule has 5 nitrogen and oxygen atoms in total. The molecule has 96 valence electrons. The first-order chi connectivity index (χ1) is 9.29. The summed E-state index contributed by atoms with van der Waals surface area (Å²) in [6.45, 7) is 4.15. The Kier molecular flexibility index (Phi) is 2.21. The molecule has 0 unspecified atom stereocenters. The van der Waals surface area contributed by atoms with Crippen molar-refractivity contribution in [1.82, 2.24) is 15.0 Å². The molecular formula is C14H15N5. The number of hydrogen-bond donors (Lipinski definition) is 1. The maximum absolute atomic E-state index is 4.67. The van der Waals surface area contributed by atoms with Crippen molar-refractivity contribution >= 4 is 11.5 Å². The van der Waals surface area contributed by atoms with E-state index in [1.165, 1.54) is 6.42 Å². The van der Waals surface area contributed by atoms with Gasteiger partial charge in [0.1, 0.15) is 0 Å². The number of nitrogens with one attached hydrogen (secondary N) is 1. The molecule has 5 heteroatoms. The Morgan fingerprint density at radius 3 is 3.21 bits per heavy atom. The van der Waals surface area contributed by atoms with Crippen molar-refractivity contribution < 1.29 is 0 Å². The van der Waals surface area contributed by atoms with E-state index in [2.05, 4.69) is 25.2 Å². The minimum absolute atomic E-state index is 0.537. The van der Waals surface area contributed by atoms with Crippen LogP contribution in [0.1, 0.15) is 12.1 Å². The van der Waals surface area contributed by atoms with Gasteiger partial charge in [-0.3, -0.25) is 4.98 Å². The van der Waals surface area contributed by atoms with E-state index >= 15 is 0 Å². The van der Waals surface area contributed by atoms with Gasteiger partial charge in [0.25, 0.3) is 0 Å². The highest BCUT2D eigenvalue weighted by Crippen LogP contribution is 2.34. The molecule has 0 saturated carbocycles.